The SMILES string of the molecule is [CH2]C(Cl)OCC=CC. The number of alkyl halides is 1. The first-order chi connectivity index (χ1) is 3.77. The van der Waals surface area contributed by atoms with Crippen molar-refractivity contribution in [2.45, 2.75) is 12.5 Å². The molecule has 0 aromatic carbocycles. The van der Waals surface area contributed by atoms with Gasteiger partial charge in [0, 0.05) is 0 Å². The zero-order chi connectivity index (χ0) is 6.41. The Labute approximate surface area is 55.3 Å². The predicted octanol–water partition coefficient (Wildman–Crippen LogP) is 1.98. The van der Waals surface area contributed by atoms with Crippen molar-refractivity contribution in [2.24, 2.45) is 0 Å². The lowest BCUT2D eigenvalue weighted by Gasteiger charge is -1.99. The molecule has 0 amide bonds. The number of hydrogen-bond donors (Lipinski definition) is 0. The van der Waals surface area contributed by atoms with Crippen LogP contribution in [0, 0.1) is 6.92 Å². The summed E-state index contributed by atoms with van der Waals surface area (Å²) in [5.41, 5.74) is -0.425. The van der Waals surface area contributed by atoms with Gasteiger partial charge in [-0.1, -0.05) is 23.8 Å². The molecule has 0 aliphatic heterocycles. The molecule has 0 saturated heterocycles. The number of allylic oxidation sites excluding steroid dienone is 1. The van der Waals surface area contributed by atoms with Gasteiger partial charge in [-0.2, -0.15) is 0 Å². The van der Waals surface area contributed by atoms with Crippen molar-refractivity contribution in [2.75, 3.05) is 6.61 Å². The maximum atomic E-state index is 5.35. The first-order valence-electron chi connectivity index (χ1n) is 2.47. The minimum Gasteiger partial charge on any atom is -0.358 e. The molecule has 8 heavy (non-hydrogen) atoms. The van der Waals surface area contributed by atoms with Crippen LogP contribution in [-0.4, -0.2) is 12.2 Å². The predicted molar refractivity (Wildman–Crippen MR) is 35.8 cm³/mol. The van der Waals surface area contributed by atoms with Gasteiger partial charge in [-0.3, -0.25) is 0 Å². The van der Waals surface area contributed by atoms with Crippen LogP contribution in [0.5, 0.6) is 0 Å². The van der Waals surface area contributed by atoms with E-state index in [4.69, 9.17) is 16.3 Å². The van der Waals surface area contributed by atoms with Crippen LogP contribution < -0.4 is 0 Å². The van der Waals surface area contributed by atoms with Crippen molar-refractivity contribution in [1.82, 2.24) is 0 Å². The molecule has 0 rings (SSSR count). The van der Waals surface area contributed by atoms with E-state index in [0.717, 1.165) is 0 Å². The Bertz CT molecular complexity index is 68.9. The lowest BCUT2D eigenvalue weighted by Crippen LogP contribution is -1.98. The fraction of sp³-hybridized carbons (Fsp3) is 0.500. The average molecular weight is 134 g/mol. The first kappa shape index (κ1) is 7.99. The molecule has 0 N–H and O–H groups in total. The second-order valence-corrected chi connectivity index (χ2v) is 1.80. The van der Waals surface area contributed by atoms with Crippen molar-refractivity contribution in [3.63, 3.8) is 0 Å². The third kappa shape index (κ3) is 5.99. The highest BCUT2D eigenvalue weighted by Gasteiger charge is 1.88. The number of halogens is 1. The van der Waals surface area contributed by atoms with Gasteiger partial charge in [-0.25, -0.2) is 0 Å². The number of ether oxygens (including phenoxy) is 1. The summed E-state index contributed by atoms with van der Waals surface area (Å²) in [7, 11) is 0. The molecule has 1 atom stereocenters. The number of hydrogen-bond acceptors (Lipinski definition) is 1. The van der Waals surface area contributed by atoms with Gasteiger partial charge in [0.1, 0.15) is 5.56 Å². The fourth-order valence-corrected chi connectivity index (χ4v) is 0.329. The lowest BCUT2D eigenvalue weighted by atomic mass is 10.5. The molecular formula is C6H10ClO. The van der Waals surface area contributed by atoms with Gasteiger partial charge in [0.2, 0.25) is 0 Å². The molecule has 0 aliphatic rings. The van der Waals surface area contributed by atoms with E-state index >= 15 is 0 Å². The van der Waals surface area contributed by atoms with E-state index in [2.05, 4.69) is 6.92 Å². The topological polar surface area (TPSA) is 9.23 Å². The summed E-state index contributed by atoms with van der Waals surface area (Å²) in [5, 5.41) is 0. The van der Waals surface area contributed by atoms with E-state index in [1.54, 1.807) is 0 Å². The van der Waals surface area contributed by atoms with Crippen molar-refractivity contribution in [1.29, 1.82) is 0 Å². The van der Waals surface area contributed by atoms with Gasteiger partial charge in [0.05, 0.1) is 6.61 Å². The van der Waals surface area contributed by atoms with Gasteiger partial charge in [0.25, 0.3) is 0 Å². The van der Waals surface area contributed by atoms with Crippen LogP contribution in [0.4, 0.5) is 0 Å². The average Bonchev–Trinajstić information content (AvgIpc) is 1.66. The molecule has 0 aromatic rings. The Kier molecular flexibility index (Phi) is 5.13. The minimum atomic E-state index is -0.425. The Morgan fingerprint density at radius 3 is 2.88 bits per heavy atom. The molecule has 0 fully saturated rings. The molecule has 0 saturated carbocycles. The second kappa shape index (κ2) is 5.13. The normalized spacial score (nSPS) is 14.9. The summed E-state index contributed by atoms with van der Waals surface area (Å²) >= 11 is 5.35. The summed E-state index contributed by atoms with van der Waals surface area (Å²) in [5.74, 6) is 0. The molecule has 1 nitrogen and oxygen atoms in total. The third-order valence-corrected chi connectivity index (χ3v) is 0.735. The van der Waals surface area contributed by atoms with Crippen molar-refractivity contribution in [3.05, 3.63) is 19.1 Å². The molecule has 1 radical (unpaired) electrons. The van der Waals surface area contributed by atoms with E-state index in [-0.39, 0.29) is 0 Å². The first-order valence-corrected chi connectivity index (χ1v) is 2.91. The molecule has 0 spiro atoms. The third-order valence-electron chi connectivity index (χ3n) is 0.609. The van der Waals surface area contributed by atoms with Gasteiger partial charge in [-0.05, 0) is 13.8 Å². The fourth-order valence-electron chi connectivity index (χ4n) is 0.256. The summed E-state index contributed by atoms with van der Waals surface area (Å²) in [6.07, 6.45) is 3.78. The zero-order valence-corrected chi connectivity index (χ0v) is 5.69. The summed E-state index contributed by atoms with van der Waals surface area (Å²) < 4.78 is 4.85. The Morgan fingerprint density at radius 2 is 2.50 bits per heavy atom. The quantitative estimate of drug-likeness (QED) is 0.423. The smallest absolute Gasteiger partial charge is 0.131 e. The van der Waals surface area contributed by atoms with E-state index in [9.17, 15) is 0 Å². The maximum absolute atomic E-state index is 5.35. The summed E-state index contributed by atoms with van der Waals surface area (Å²) in [4.78, 5) is 0. The molecule has 2 heteroatoms. The Balaban J connectivity index is 2.93. The number of rotatable bonds is 3. The minimum absolute atomic E-state index is 0.425. The largest absolute Gasteiger partial charge is 0.358 e. The van der Waals surface area contributed by atoms with Crippen LogP contribution in [0.1, 0.15) is 6.92 Å². The zero-order valence-electron chi connectivity index (χ0n) is 4.93. The van der Waals surface area contributed by atoms with Gasteiger partial charge in [0.15, 0.2) is 0 Å². The van der Waals surface area contributed by atoms with E-state index in [1.165, 1.54) is 0 Å². The second-order valence-electron chi connectivity index (χ2n) is 1.31. The highest BCUT2D eigenvalue weighted by atomic mass is 35.5. The van der Waals surface area contributed by atoms with Crippen LogP contribution in [-0.2, 0) is 4.74 Å². The Hall–Kier alpha value is -0.0100. The Morgan fingerprint density at radius 1 is 1.88 bits per heavy atom. The summed E-state index contributed by atoms with van der Waals surface area (Å²) in [6.45, 7) is 5.90. The molecule has 0 bridgehead atoms. The standard InChI is InChI=1S/C6H10ClO/c1-3-4-5-8-6(2)7/h3-4,6H,2,5H2,1H3. The van der Waals surface area contributed by atoms with Crippen molar-refractivity contribution >= 4 is 11.6 Å². The van der Waals surface area contributed by atoms with Crippen LogP contribution in [0.15, 0.2) is 12.2 Å². The van der Waals surface area contributed by atoms with Crippen LogP contribution in [0.25, 0.3) is 0 Å². The molecule has 0 aromatic heterocycles. The van der Waals surface area contributed by atoms with Crippen LogP contribution >= 0.6 is 11.6 Å². The lowest BCUT2D eigenvalue weighted by molar-refractivity contribution is 0.163. The highest BCUT2D eigenvalue weighted by molar-refractivity contribution is 6.20. The van der Waals surface area contributed by atoms with Crippen molar-refractivity contribution in [3.8, 4) is 0 Å². The summed E-state index contributed by atoms with van der Waals surface area (Å²) in [6, 6.07) is 0. The monoisotopic (exact) mass is 133 g/mol. The van der Waals surface area contributed by atoms with Crippen LogP contribution in [0.2, 0.25) is 0 Å². The van der Waals surface area contributed by atoms with E-state index in [0.29, 0.717) is 6.61 Å². The van der Waals surface area contributed by atoms with E-state index in [1.807, 2.05) is 19.1 Å². The maximum Gasteiger partial charge on any atom is 0.131 e. The molecule has 0 heterocycles. The van der Waals surface area contributed by atoms with Gasteiger partial charge >= 0.3 is 0 Å². The van der Waals surface area contributed by atoms with Gasteiger partial charge in [-0.15, -0.1) is 0 Å². The molecule has 1 unspecified atom stereocenters. The highest BCUT2D eigenvalue weighted by Crippen LogP contribution is 1.93. The van der Waals surface area contributed by atoms with Crippen LogP contribution in [0.3, 0.4) is 0 Å². The molecule has 0 aliphatic carbocycles. The molecular weight excluding hydrogens is 124 g/mol. The van der Waals surface area contributed by atoms with E-state index < -0.39 is 5.56 Å². The van der Waals surface area contributed by atoms with Gasteiger partial charge < -0.3 is 4.74 Å². The van der Waals surface area contributed by atoms with Crippen molar-refractivity contribution < 1.29 is 4.74 Å². The molecule has 47 valence electrons.